The summed E-state index contributed by atoms with van der Waals surface area (Å²) < 4.78 is 10.5. The quantitative estimate of drug-likeness (QED) is 0.326. The highest BCUT2D eigenvalue weighted by Gasteiger charge is 2.13. The molecule has 0 radical (unpaired) electrons. The molecule has 0 heterocycles. The Hall–Kier alpha value is -2.84. The van der Waals surface area contributed by atoms with Crippen molar-refractivity contribution in [3.63, 3.8) is 0 Å². The fourth-order valence-corrected chi connectivity index (χ4v) is 2.94. The van der Waals surface area contributed by atoms with Gasteiger partial charge < -0.3 is 20.5 Å². The van der Waals surface area contributed by atoms with Crippen LogP contribution in [0.4, 0.5) is 5.69 Å². The number of methoxy groups -OCH3 is 2. The van der Waals surface area contributed by atoms with Crippen LogP contribution in [0.3, 0.4) is 0 Å². The summed E-state index contributed by atoms with van der Waals surface area (Å²) >= 11 is 0. The molecular formula is C20H26ClN3O5. The first-order chi connectivity index (χ1) is 13.5. The van der Waals surface area contributed by atoms with Gasteiger partial charge in [0, 0.05) is 17.7 Å². The summed E-state index contributed by atoms with van der Waals surface area (Å²) in [6, 6.07) is 9.95. The number of carbonyl (C=O) groups is 1. The minimum absolute atomic E-state index is 0. The average molecular weight is 424 g/mol. The Morgan fingerprint density at radius 2 is 1.79 bits per heavy atom. The van der Waals surface area contributed by atoms with Crippen molar-refractivity contribution in [2.75, 3.05) is 27.3 Å². The lowest BCUT2D eigenvalue weighted by atomic mass is 10.0. The van der Waals surface area contributed by atoms with E-state index >= 15 is 0 Å². The van der Waals surface area contributed by atoms with E-state index in [2.05, 4.69) is 5.32 Å². The van der Waals surface area contributed by atoms with Gasteiger partial charge in [-0.15, -0.1) is 12.4 Å². The Morgan fingerprint density at radius 3 is 2.41 bits per heavy atom. The fourth-order valence-electron chi connectivity index (χ4n) is 2.94. The van der Waals surface area contributed by atoms with Gasteiger partial charge >= 0.3 is 0 Å². The van der Waals surface area contributed by atoms with Crippen LogP contribution in [0.15, 0.2) is 36.4 Å². The lowest BCUT2D eigenvalue weighted by molar-refractivity contribution is -0.384. The van der Waals surface area contributed by atoms with E-state index in [-0.39, 0.29) is 18.1 Å². The van der Waals surface area contributed by atoms with E-state index in [0.717, 1.165) is 24.9 Å². The number of nitrogens with zero attached hydrogens (tertiary/aromatic N) is 1. The Labute approximate surface area is 175 Å². The first kappa shape index (κ1) is 24.2. The van der Waals surface area contributed by atoms with E-state index < -0.39 is 10.8 Å². The van der Waals surface area contributed by atoms with E-state index in [9.17, 15) is 14.9 Å². The molecule has 0 spiro atoms. The number of primary amides is 1. The molecule has 0 aliphatic carbocycles. The third-order valence-electron chi connectivity index (χ3n) is 4.40. The lowest BCUT2D eigenvalue weighted by Gasteiger charge is -2.10. The van der Waals surface area contributed by atoms with Gasteiger partial charge in [0.05, 0.1) is 19.1 Å². The molecule has 158 valence electrons. The van der Waals surface area contributed by atoms with Crippen LogP contribution in [0.2, 0.25) is 0 Å². The molecule has 0 aliphatic rings. The smallest absolute Gasteiger partial charge is 0.269 e. The number of hydrogen-bond acceptors (Lipinski definition) is 6. The van der Waals surface area contributed by atoms with E-state index in [1.807, 2.05) is 18.2 Å². The lowest BCUT2D eigenvalue weighted by Crippen LogP contribution is -2.20. The van der Waals surface area contributed by atoms with Crippen molar-refractivity contribution in [3.05, 3.63) is 63.2 Å². The summed E-state index contributed by atoms with van der Waals surface area (Å²) in [5.74, 6) is 0.817. The molecule has 0 unspecified atom stereocenters. The third kappa shape index (κ3) is 6.92. The molecule has 29 heavy (non-hydrogen) atoms. The van der Waals surface area contributed by atoms with Crippen LogP contribution in [-0.4, -0.2) is 38.1 Å². The number of nitro groups is 1. The minimum atomic E-state index is -0.577. The second kappa shape index (κ2) is 11.9. The second-order valence-corrected chi connectivity index (χ2v) is 6.26. The number of halogens is 1. The number of nitrogens with one attached hydrogen (secondary N) is 1. The van der Waals surface area contributed by atoms with Crippen LogP contribution >= 0.6 is 12.4 Å². The number of non-ortho nitro benzene ring substituents is 1. The normalized spacial score (nSPS) is 10.1. The molecule has 1 amide bonds. The number of ether oxygens (including phenoxy) is 2. The van der Waals surface area contributed by atoms with Crippen molar-refractivity contribution in [1.82, 2.24) is 5.32 Å². The Kier molecular flexibility index (Phi) is 9.91. The molecule has 0 saturated heterocycles. The SMILES string of the molecule is COc1ccc(CCNCCCc2cc([N+](=O)[O-])ccc2C(N)=O)cc1OC.Cl. The van der Waals surface area contributed by atoms with Crippen molar-refractivity contribution in [1.29, 1.82) is 0 Å². The van der Waals surface area contributed by atoms with Gasteiger partial charge in [0.15, 0.2) is 11.5 Å². The number of benzene rings is 2. The molecule has 2 rings (SSSR count). The van der Waals surface area contributed by atoms with Crippen LogP contribution in [0.1, 0.15) is 27.9 Å². The molecule has 2 aromatic rings. The molecule has 0 saturated carbocycles. The first-order valence-electron chi connectivity index (χ1n) is 8.95. The maximum atomic E-state index is 11.5. The Morgan fingerprint density at radius 1 is 1.07 bits per heavy atom. The second-order valence-electron chi connectivity index (χ2n) is 6.26. The summed E-state index contributed by atoms with van der Waals surface area (Å²) in [4.78, 5) is 22.0. The number of hydrogen-bond donors (Lipinski definition) is 2. The summed E-state index contributed by atoms with van der Waals surface area (Å²) in [5.41, 5.74) is 7.37. The van der Waals surface area contributed by atoms with Crippen LogP contribution in [-0.2, 0) is 12.8 Å². The molecule has 0 bridgehead atoms. The zero-order valence-corrected chi connectivity index (χ0v) is 17.3. The van der Waals surface area contributed by atoms with Crippen molar-refractivity contribution >= 4 is 24.0 Å². The standard InChI is InChI=1S/C20H25N3O5.ClH/c1-27-18-8-5-14(12-19(18)28-2)9-11-22-10-3-4-15-13-16(23(25)26)6-7-17(15)20(21)24;/h5-8,12-13,22H,3-4,9-11H2,1-2H3,(H2,21,24);1H. The molecule has 3 N–H and O–H groups in total. The summed E-state index contributed by atoms with van der Waals surface area (Å²) in [6.45, 7) is 1.49. The highest BCUT2D eigenvalue weighted by atomic mass is 35.5. The van der Waals surface area contributed by atoms with Crippen LogP contribution in [0, 0.1) is 10.1 Å². The molecular weight excluding hydrogens is 398 g/mol. The van der Waals surface area contributed by atoms with Gasteiger partial charge in [0.25, 0.3) is 5.69 Å². The van der Waals surface area contributed by atoms with E-state index in [4.69, 9.17) is 15.2 Å². The first-order valence-corrected chi connectivity index (χ1v) is 8.95. The average Bonchev–Trinajstić information content (AvgIpc) is 2.69. The van der Waals surface area contributed by atoms with Gasteiger partial charge in [-0.1, -0.05) is 6.07 Å². The maximum absolute atomic E-state index is 11.5. The molecule has 0 fully saturated rings. The van der Waals surface area contributed by atoms with Gasteiger partial charge in [0.2, 0.25) is 5.91 Å². The largest absolute Gasteiger partial charge is 0.493 e. The maximum Gasteiger partial charge on any atom is 0.269 e. The zero-order chi connectivity index (χ0) is 20.5. The molecule has 2 aromatic carbocycles. The van der Waals surface area contributed by atoms with Crippen molar-refractivity contribution in [2.45, 2.75) is 19.3 Å². The number of carbonyl (C=O) groups excluding carboxylic acids is 1. The van der Waals surface area contributed by atoms with Crippen molar-refractivity contribution in [2.24, 2.45) is 5.73 Å². The molecule has 0 atom stereocenters. The van der Waals surface area contributed by atoms with Crippen LogP contribution < -0.4 is 20.5 Å². The Balaban J connectivity index is 0.00000420. The predicted octanol–water partition coefficient (Wildman–Crippen LogP) is 2.90. The van der Waals surface area contributed by atoms with Crippen molar-refractivity contribution in [3.8, 4) is 11.5 Å². The third-order valence-corrected chi connectivity index (χ3v) is 4.40. The van der Waals surface area contributed by atoms with Crippen LogP contribution in [0.25, 0.3) is 0 Å². The molecule has 8 nitrogen and oxygen atoms in total. The van der Waals surface area contributed by atoms with E-state index in [0.29, 0.717) is 35.6 Å². The zero-order valence-electron chi connectivity index (χ0n) is 16.5. The number of nitro benzene ring substituents is 1. The highest BCUT2D eigenvalue weighted by Crippen LogP contribution is 2.27. The van der Waals surface area contributed by atoms with Gasteiger partial charge in [-0.25, -0.2) is 0 Å². The number of nitrogens with two attached hydrogens (primary N) is 1. The van der Waals surface area contributed by atoms with Gasteiger partial charge in [-0.2, -0.15) is 0 Å². The monoisotopic (exact) mass is 423 g/mol. The highest BCUT2D eigenvalue weighted by molar-refractivity contribution is 5.94. The Bertz CT molecular complexity index is 845. The molecule has 9 heteroatoms. The summed E-state index contributed by atoms with van der Waals surface area (Å²) in [7, 11) is 3.21. The molecule has 0 aromatic heterocycles. The van der Waals surface area contributed by atoms with Gasteiger partial charge in [-0.3, -0.25) is 14.9 Å². The van der Waals surface area contributed by atoms with E-state index in [1.165, 1.54) is 18.2 Å². The number of aryl methyl sites for hydroxylation is 1. The van der Waals surface area contributed by atoms with Crippen LogP contribution in [0.5, 0.6) is 11.5 Å². The minimum Gasteiger partial charge on any atom is -0.493 e. The fraction of sp³-hybridized carbons (Fsp3) is 0.350. The van der Waals surface area contributed by atoms with Crippen molar-refractivity contribution < 1.29 is 19.2 Å². The van der Waals surface area contributed by atoms with Gasteiger partial charge in [0.1, 0.15) is 0 Å². The summed E-state index contributed by atoms with van der Waals surface area (Å²) in [5, 5.41) is 14.3. The number of amides is 1. The number of rotatable bonds is 11. The van der Waals surface area contributed by atoms with Gasteiger partial charge in [-0.05, 0) is 61.7 Å². The topological polar surface area (TPSA) is 117 Å². The summed E-state index contributed by atoms with van der Waals surface area (Å²) in [6.07, 6.45) is 2.08. The predicted molar refractivity (Wildman–Crippen MR) is 113 cm³/mol. The van der Waals surface area contributed by atoms with E-state index in [1.54, 1.807) is 14.2 Å². The molecule has 0 aliphatic heterocycles.